The van der Waals surface area contributed by atoms with Crippen molar-refractivity contribution in [2.45, 2.75) is 27.3 Å². The fourth-order valence-corrected chi connectivity index (χ4v) is 1.73. The summed E-state index contributed by atoms with van der Waals surface area (Å²) in [6, 6.07) is 8.05. The van der Waals surface area contributed by atoms with Gasteiger partial charge in [-0.25, -0.2) is 4.98 Å². The van der Waals surface area contributed by atoms with Gasteiger partial charge in [-0.3, -0.25) is 0 Å². The number of hydrogen-bond acceptors (Lipinski definition) is 2. The first-order chi connectivity index (χ1) is 6.97. The molecule has 2 aromatic rings. The highest BCUT2D eigenvalue weighted by molar-refractivity contribution is 5.78. The van der Waals surface area contributed by atoms with Gasteiger partial charge in [-0.15, -0.1) is 0 Å². The fraction of sp³-hybridized carbons (Fsp3) is 0.417. The largest absolute Gasteiger partial charge is 0.369 e. The van der Waals surface area contributed by atoms with Crippen LogP contribution in [-0.2, 0) is 6.54 Å². The van der Waals surface area contributed by atoms with Crippen molar-refractivity contribution >= 4 is 17.0 Å². The second kappa shape index (κ2) is 3.26. The lowest BCUT2D eigenvalue weighted by atomic mass is 9.97. The Morgan fingerprint density at radius 3 is 2.60 bits per heavy atom. The van der Waals surface area contributed by atoms with Gasteiger partial charge in [-0.1, -0.05) is 32.9 Å². The Morgan fingerprint density at radius 2 is 1.93 bits per heavy atom. The Bertz CT molecular complexity index is 477. The molecule has 0 atom stereocenters. The Morgan fingerprint density at radius 1 is 1.27 bits per heavy atom. The molecule has 2 N–H and O–H groups in total. The normalized spacial score (nSPS) is 12.2. The lowest BCUT2D eigenvalue weighted by Crippen LogP contribution is -2.16. The zero-order valence-electron chi connectivity index (χ0n) is 9.49. The number of nitrogen functional groups attached to an aromatic ring is 1. The van der Waals surface area contributed by atoms with Gasteiger partial charge in [0.05, 0.1) is 11.0 Å². The zero-order chi connectivity index (χ0) is 11.1. The lowest BCUT2D eigenvalue weighted by molar-refractivity contribution is 0.351. The molecule has 0 saturated carbocycles. The van der Waals surface area contributed by atoms with Gasteiger partial charge < -0.3 is 10.3 Å². The highest BCUT2D eigenvalue weighted by Gasteiger charge is 2.15. The van der Waals surface area contributed by atoms with E-state index in [4.69, 9.17) is 5.73 Å². The summed E-state index contributed by atoms with van der Waals surface area (Å²) >= 11 is 0. The van der Waals surface area contributed by atoms with Crippen molar-refractivity contribution < 1.29 is 0 Å². The summed E-state index contributed by atoms with van der Waals surface area (Å²) in [6.07, 6.45) is 0. The molecule has 3 heteroatoms. The first kappa shape index (κ1) is 10.0. The van der Waals surface area contributed by atoms with Crippen LogP contribution in [0, 0.1) is 5.41 Å². The number of nitrogens with zero attached hydrogens (tertiary/aromatic N) is 2. The number of rotatable bonds is 1. The van der Waals surface area contributed by atoms with Crippen LogP contribution in [0.25, 0.3) is 11.0 Å². The van der Waals surface area contributed by atoms with Gasteiger partial charge in [0.1, 0.15) is 0 Å². The van der Waals surface area contributed by atoms with E-state index in [1.807, 2.05) is 18.2 Å². The summed E-state index contributed by atoms with van der Waals surface area (Å²) in [5.41, 5.74) is 8.21. The van der Waals surface area contributed by atoms with Crippen molar-refractivity contribution in [1.82, 2.24) is 9.55 Å². The van der Waals surface area contributed by atoms with E-state index in [9.17, 15) is 0 Å². The maximum Gasteiger partial charge on any atom is 0.201 e. The number of hydrogen-bond donors (Lipinski definition) is 1. The number of para-hydroxylation sites is 2. The number of aromatic nitrogens is 2. The van der Waals surface area contributed by atoms with Crippen LogP contribution in [0.1, 0.15) is 20.8 Å². The molecule has 0 saturated heterocycles. The molecule has 0 radical (unpaired) electrons. The van der Waals surface area contributed by atoms with Crippen LogP contribution in [-0.4, -0.2) is 9.55 Å². The van der Waals surface area contributed by atoms with Gasteiger partial charge >= 0.3 is 0 Å². The van der Waals surface area contributed by atoms with E-state index in [-0.39, 0.29) is 5.41 Å². The predicted octanol–water partition coefficient (Wildman–Crippen LogP) is 2.66. The maximum absolute atomic E-state index is 5.91. The zero-order valence-corrected chi connectivity index (χ0v) is 9.49. The molecule has 2 rings (SSSR count). The van der Waals surface area contributed by atoms with Crippen LogP contribution in [0.3, 0.4) is 0 Å². The minimum atomic E-state index is 0.206. The molecular formula is C12H17N3. The molecule has 0 aliphatic rings. The van der Waals surface area contributed by atoms with Gasteiger partial charge in [-0.2, -0.15) is 0 Å². The molecule has 15 heavy (non-hydrogen) atoms. The van der Waals surface area contributed by atoms with Gasteiger partial charge in [0.25, 0.3) is 0 Å². The minimum absolute atomic E-state index is 0.206. The first-order valence-electron chi connectivity index (χ1n) is 5.18. The van der Waals surface area contributed by atoms with Gasteiger partial charge in [0.2, 0.25) is 5.95 Å². The topological polar surface area (TPSA) is 43.8 Å². The maximum atomic E-state index is 5.91. The number of benzene rings is 1. The Balaban J connectivity index is 2.54. The molecule has 0 amide bonds. The molecule has 1 heterocycles. The van der Waals surface area contributed by atoms with Crippen LogP contribution in [0.2, 0.25) is 0 Å². The van der Waals surface area contributed by atoms with Crippen LogP contribution >= 0.6 is 0 Å². The standard InChI is InChI=1S/C12H17N3/c1-12(2,3)8-15-10-7-5-4-6-9(10)14-11(15)13/h4-7H,8H2,1-3H3,(H2,13,14). The van der Waals surface area contributed by atoms with Crippen LogP contribution in [0.15, 0.2) is 24.3 Å². The lowest BCUT2D eigenvalue weighted by Gasteiger charge is -2.20. The number of fused-ring (bicyclic) bond motifs is 1. The van der Waals surface area contributed by atoms with Gasteiger partial charge in [0.15, 0.2) is 0 Å². The Labute approximate surface area is 89.9 Å². The summed E-state index contributed by atoms with van der Waals surface area (Å²) in [5, 5.41) is 0. The highest BCUT2D eigenvalue weighted by atomic mass is 15.2. The molecule has 3 nitrogen and oxygen atoms in total. The Kier molecular flexibility index (Phi) is 2.18. The third kappa shape index (κ3) is 1.96. The summed E-state index contributed by atoms with van der Waals surface area (Å²) in [5.74, 6) is 0.603. The van der Waals surface area contributed by atoms with Crippen LogP contribution in [0.4, 0.5) is 5.95 Å². The number of anilines is 1. The molecule has 0 unspecified atom stereocenters. The highest BCUT2D eigenvalue weighted by Crippen LogP contribution is 2.23. The molecular weight excluding hydrogens is 186 g/mol. The quantitative estimate of drug-likeness (QED) is 0.774. The number of imidazole rings is 1. The van der Waals surface area contributed by atoms with Crippen molar-refractivity contribution in [1.29, 1.82) is 0 Å². The van der Waals surface area contributed by atoms with E-state index < -0.39 is 0 Å². The average Bonchev–Trinajstić information content (AvgIpc) is 2.41. The molecule has 0 fully saturated rings. The van der Waals surface area contributed by atoms with Crippen molar-refractivity contribution in [3.63, 3.8) is 0 Å². The Hall–Kier alpha value is -1.51. The summed E-state index contributed by atoms with van der Waals surface area (Å²) in [4.78, 5) is 4.34. The monoisotopic (exact) mass is 203 g/mol. The summed E-state index contributed by atoms with van der Waals surface area (Å²) in [6.45, 7) is 7.48. The van der Waals surface area contributed by atoms with E-state index >= 15 is 0 Å². The van der Waals surface area contributed by atoms with Crippen molar-refractivity contribution in [3.05, 3.63) is 24.3 Å². The van der Waals surface area contributed by atoms with Crippen molar-refractivity contribution in [3.8, 4) is 0 Å². The van der Waals surface area contributed by atoms with E-state index in [0.717, 1.165) is 17.6 Å². The molecule has 0 aliphatic heterocycles. The minimum Gasteiger partial charge on any atom is -0.369 e. The second-order valence-electron chi connectivity index (χ2n) is 5.11. The third-order valence-corrected chi connectivity index (χ3v) is 2.32. The third-order valence-electron chi connectivity index (χ3n) is 2.32. The smallest absolute Gasteiger partial charge is 0.201 e. The molecule has 0 bridgehead atoms. The predicted molar refractivity (Wildman–Crippen MR) is 63.6 cm³/mol. The first-order valence-corrected chi connectivity index (χ1v) is 5.18. The van der Waals surface area contributed by atoms with E-state index in [0.29, 0.717) is 5.95 Å². The van der Waals surface area contributed by atoms with Gasteiger partial charge in [0, 0.05) is 6.54 Å². The van der Waals surface area contributed by atoms with Crippen LogP contribution < -0.4 is 5.73 Å². The van der Waals surface area contributed by atoms with Crippen LogP contribution in [0.5, 0.6) is 0 Å². The molecule has 1 aromatic carbocycles. The number of nitrogens with two attached hydrogens (primary N) is 1. The fourth-order valence-electron chi connectivity index (χ4n) is 1.73. The summed E-state index contributed by atoms with van der Waals surface area (Å²) in [7, 11) is 0. The van der Waals surface area contributed by atoms with E-state index in [2.05, 4.69) is 36.4 Å². The molecule has 80 valence electrons. The second-order valence-corrected chi connectivity index (χ2v) is 5.11. The molecule has 0 spiro atoms. The van der Waals surface area contributed by atoms with Gasteiger partial charge in [-0.05, 0) is 17.5 Å². The van der Waals surface area contributed by atoms with Crippen molar-refractivity contribution in [2.75, 3.05) is 5.73 Å². The van der Waals surface area contributed by atoms with E-state index in [1.165, 1.54) is 0 Å². The molecule has 0 aliphatic carbocycles. The average molecular weight is 203 g/mol. The van der Waals surface area contributed by atoms with E-state index in [1.54, 1.807) is 0 Å². The SMILES string of the molecule is CC(C)(C)Cn1c(N)nc2ccccc21. The molecule has 1 aromatic heterocycles. The summed E-state index contributed by atoms with van der Waals surface area (Å²) < 4.78 is 2.08. The van der Waals surface area contributed by atoms with Crippen molar-refractivity contribution in [2.24, 2.45) is 5.41 Å².